The van der Waals surface area contributed by atoms with Crippen molar-refractivity contribution < 1.29 is 0 Å². The second-order valence-electron chi connectivity index (χ2n) is 3.24. The molecule has 12 heavy (non-hydrogen) atoms. The molecule has 0 aliphatic heterocycles. The molecule has 0 saturated heterocycles. The van der Waals surface area contributed by atoms with Gasteiger partial charge in [0, 0.05) is 5.69 Å². The highest BCUT2D eigenvalue weighted by Crippen LogP contribution is 2.05. The lowest BCUT2D eigenvalue weighted by atomic mass is 10.1. The molecular formula is C10H14N2. The highest BCUT2D eigenvalue weighted by Gasteiger charge is 1.99. The van der Waals surface area contributed by atoms with Gasteiger partial charge in [0.25, 0.3) is 0 Å². The predicted octanol–water partition coefficient (Wildman–Crippen LogP) is 2.32. The quantitative estimate of drug-likeness (QED) is 0.681. The van der Waals surface area contributed by atoms with Gasteiger partial charge in [-0.2, -0.15) is 0 Å². The Kier molecular flexibility index (Phi) is 2.97. The molecule has 0 amide bonds. The number of aromatic nitrogens is 2. The number of hydrogen-bond acceptors (Lipinski definition) is 2. The van der Waals surface area contributed by atoms with Gasteiger partial charge < -0.3 is 0 Å². The fourth-order valence-electron chi connectivity index (χ4n) is 1.06. The normalized spacial score (nSPS) is 10.2. The van der Waals surface area contributed by atoms with E-state index in [9.17, 15) is 0 Å². The predicted molar refractivity (Wildman–Crippen MR) is 50.7 cm³/mol. The summed E-state index contributed by atoms with van der Waals surface area (Å²) < 4.78 is 0. The SMILES string of the molecule is C=Cc1cc(CC(C)C)ncn1. The van der Waals surface area contributed by atoms with Gasteiger partial charge in [-0.05, 0) is 24.5 Å². The van der Waals surface area contributed by atoms with Crippen LogP contribution >= 0.6 is 0 Å². The second kappa shape index (κ2) is 4.00. The summed E-state index contributed by atoms with van der Waals surface area (Å²) in [6.07, 6.45) is 4.34. The zero-order valence-electron chi connectivity index (χ0n) is 7.62. The minimum atomic E-state index is 0.637. The molecular weight excluding hydrogens is 148 g/mol. The molecule has 1 rings (SSSR count). The van der Waals surface area contributed by atoms with Gasteiger partial charge in [0.2, 0.25) is 0 Å². The van der Waals surface area contributed by atoms with Crippen molar-refractivity contribution in [1.29, 1.82) is 0 Å². The lowest BCUT2D eigenvalue weighted by molar-refractivity contribution is 0.633. The molecule has 1 aromatic heterocycles. The van der Waals surface area contributed by atoms with Gasteiger partial charge in [-0.25, -0.2) is 9.97 Å². The van der Waals surface area contributed by atoms with Crippen LogP contribution in [0.1, 0.15) is 25.2 Å². The van der Waals surface area contributed by atoms with E-state index in [1.807, 2.05) is 6.07 Å². The first-order valence-electron chi connectivity index (χ1n) is 4.15. The molecule has 0 spiro atoms. The fourth-order valence-corrected chi connectivity index (χ4v) is 1.06. The van der Waals surface area contributed by atoms with Gasteiger partial charge in [0.05, 0.1) is 5.69 Å². The summed E-state index contributed by atoms with van der Waals surface area (Å²) in [6, 6.07) is 1.98. The zero-order chi connectivity index (χ0) is 8.97. The monoisotopic (exact) mass is 162 g/mol. The Morgan fingerprint density at radius 3 is 2.83 bits per heavy atom. The second-order valence-corrected chi connectivity index (χ2v) is 3.24. The van der Waals surface area contributed by atoms with Crippen molar-refractivity contribution >= 4 is 6.08 Å². The van der Waals surface area contributed by atoms with Gasteiger partial charge in [-0.15, -0.1) is 0 Å². The Hall–Kier alpha value is -1.18. The number of hydrogen-bond donors (Lipinski definition) is 0. The number of rotatable bonds is 3. The molecule has 64 valence electrons. The highest BCUT2D eigenvalue weighted by molar-refractivity contribution is 5.41. The maximum absolute atomic E-state index is 4.17. The van der Waals surface area contributed by atoms with Gasteiger partial charge in [0.15, 0.2) is 0 Å². The summed E-state index contributed by atoms with van der Waals surface area (Å²) in [5.41, 5.74) is 2.00. The third kappa shape index (κ3) is 2.46. The molecule has 0 aliphatic carbocycles. The van der Waals surface area contributed by atoms with Crippen molar-refractivity contribution in [2.45, 2.75) is 20.3 Å². The molecule has 0 N–H and O–H groups in total. The van der Waals surface area contributed by atoms with Gasteiger partial charge in [-0.3, -0.25) is 0 Å². The van der Waals surface area contributed by atoms with Crippen LogP contribution in [0.2, 0.25) is 0 Å². The van der Waals surface area contributed by atoms with Crippen molar-refractivity contribution in [3.05, 3.63) is 30.4 Å². The van der Waals surface area contributed by atoms with E-state index < -0.39 is 0 Å². The molecule has 0 aliphatic rings. The largest absolute Gasteiger partial charge is 0.241 e. The minimum Gasteiger partial charge on any atom is -0.241 e. The van der Waals surface area contributed by atoms with Crippen LogP contribution in [0, 0.1) is 5.92 Å². The van der Waals surface area contributed by atoms with E-state index in [2.05, 4.69) is 30.4 Å². The molecule has 1 heterocycles. The lowest BCUT2D eigenvalue weighted by Gasteiger charge is -2.03. The summed E-state index contributed by atoms with van der Waals surface area (Å²) >= 11 is 0. The maximum atomic E-state index is 4.17. The van der Waals surface area contributed by atoms with Gasteiger partial charge in [-0.1, -0.05) is 20.4 Å². The Morgan fingerprint density at radius 1 is 1.50 bits per heavy atom. The first-order chi connectivity index (χ1) is 5.72. The molecule has 0 atom stereocenters. The molecule has 2 nitrogen and oxygen atoms in total. The van der Waals surface area contributed by atoms with E-state index in [0.29, 0.717) is 5.92 Å². The third-order valence-electron chi connectivity index (χ3n) is 1.57. The summed E-state index contributed by atoms with van der Waals surface area (Å²) in [4.78, 5) is 8.20. The first-order valence-corrected chi connectivity index (χ1v) is 4.15. The topological polar surface area (TPSA) is 25.8 Å². The van der Waals surface area contributed by atoms with E-state index in [4.69, 9.17) is 0 Å². The molecule has 0 radical (unpaired) electrons. The highest BCUT2D eigenvalue weighted by atomic mass is 14.8. The van der Waals surface area contributed by atoms with E-state index in [1.54, 1.807) is 12.4 Å². The smallest absolute Gasteiger partial charge is 0.116 e. The van der Waals surface area contributed by atoms with Crippen LogP contribution in [-0.4, -0.2) is 9.97 Å². The van der Waals surface area contributed by atoms with Gasteiger partial charge in [0.1, 0.15) is 6.33 Å². The molecule has 0 fully saturated rings. The average Bonchev–Trinajstić information content (AvgIpc) is 2.03. The molecule has 1 aromatic rings. The molecule has 0 bridgehead atoms. The van der Waals surface area contributed by atoms with Gasteiger partial charge >= 0.3 is 0 Å². The Balaban J connectivity index is 2.79. The van der Waals surface area contributed by atoms with Crippen LogP contribution in [0.15, 0.2) is 19.0 Å². The lowest BCUT2D eigenvalue weighted by Crippen LogP contribution is -1.98. The molecule has 0 aromatic carbocycles. The van der Waals surface area contributed by atoms with Crippen molar-refractivity contribution in [3.63, 3.8) is 0 Å². The van der Waals surface area contributed by atoms with Crippen molar-refractivity contribution in [1.82, 2.24) is 9.97 Å². The summed E-state index contributed by atoms with van der Waals surface area (Å²) in [5.74, 6) is 0.637. The van der Waals surface area contributed by atoms with Crippen LogP contribution in [-0.2, 0) is 6.42 Å². The third-order valence-corrected chi connectivity index (χ3v) is 1.57. The summed E-state index contributed by atoms with van der Waals surface area (Å²) in [5, 5.41) is 0. The van der Waals surface area contributed by atoms with Crippen molar-refractivity contribution in [2.24, 2.45) is 5.92 Å². The van der Waals surface area contributed by atoms with Crippen LogP contribution in [0.3, 0.4) is 0 Å². The van der Waals surface area contributed by atoms with E-state index in [1.165, 1.54) is 0 Å². The summed E-state index contributed by atoms with van der Waals surface area (Å²) in [6.45, 7) is 8.01. The van der Waals surface area contributed by atoms with E-state index in [-0.39, 0.29) is 0 Å². The van der Waals surface area contributed by atoms with Crippen LogP contribution in [0.25, 0.3) is 6.08 Å². The van der Waals surface area contributed by atoms with E-state index in [0.717, 1.165) is 17.8 Å². The molecule has 0 unspecified atom stereocenters. The van der Waals surface area contributed by atoms with Crippen LogP contribution in [0.5, 0.6) is 0 Å². The van der Waals surface area contributed by atoms with E-state index >= 15 is 0 Å². The molecule has 2 heteroatoms. The molecule has 0 saturated carbocycles. The van der Waals surface area contributed by atoms with Crippen LogP contribution in [0.4, 0.5) is 0 Å². The zero-order valence-corrected chi connectivity index (χ0v) is 7.62. The summed E-state index contributed by atoms with van der Waals surface area (Å²) in [7, 11) is 0. The Bertz CT molecular complexity index is 266. The standard InChI is InChI=1S/C10H14N2/c1-4-9-6-10(5-8(2)3)12-7-11-9/h4,6-8H,1,5H2,2-3H3. The van der Waals surface area contributed by atoms with Crippen molar-refractivity contribution in [2.75, 3.05) is 0 Å². The Morgan fingerprint density at radius 2 is 2.25 bits per heavy atom. The van der Waals surface area contributed by atoms with Crippen molar-refractivity contribution in [3.8, 4) is 0 Å². The maximum Gasteiger partial charge on any atom is 0.116 e. The average molecular weight is 162 g/mol. The fraction of sp³-hybridized carbons (Fsp3) is 0.400. The minimum absolute atomic E-state index is 0.637. The van der Waals surface area contributed by atoms with Crippen LogP contribution < -0.4 is 0 Å². The number of nitrogens with zero attached hydrogens (tertiary/aromatic N) is 2. The first kappa shape index (κ1) is 8.91. The Labute approximate surface area is 73.4 Å².